The first kappa shape index (κ1) is 13.5. The number of rotatable bonds is 4. The minimum absolute atomic E-state index is 0.00590. The number of fused-ring (bicyclic) bond motifs is 1. The van der Waals surface area contributed by atoms with E-state index in [1.807, 2.05) is 55.5 Å². The van der Waals surface area contributed by atoms with E-state index in [0.29, 0.717) is 6.42 Å². The van der Waals surface area contributed by atoms with E-state index in [0.717, 1.165) is 22.6 Å². The van der Waals surface area contributed by atoms with Gasteiger partial charge in [-0.25, -0.2) is 0 Å². The van der Waals surface area contributed by atoms with Crippen molar-refractivity contribution in [3.63, 3.8) is 0 Å². The topological polar surface area (TPSA) is 47.6 Å². The maximum Gasteiger partial charge on any atom is 0.231 e. The van der Waals surface area contributed by atoms with Crippen LogP contribution in [0.5, 0.6) is 11.5 Å². The van der Waals surface area contributed by atoms with E-state index in [2.05, 4.69) is 5.32 Å². The van der Waals surface area contributed by atoms with Gasteiger partial charge in [0.15, 0.2) is 11.5 Å². The van der Waals surface area contributed by atoms with Crippen LogP contribution >= 0.6 is 0 Å². The number of carbonyl (C=O) groups is 1. The highest BCUT2D eigenvalue weighted by molar-refractivity contribution is 5.79. The third-order valence-electron chi connectivity index (χ3n) is 3.48. The molecule has 0 bridgehead atoms. The van der Waals surface area contributed by atoms with E-state index < -0.39 is 0 Å². The van der Waals surface area contributed by atoms with Gasteiger partial charge in [0, 0.05) is 0 Å². The van der Waals surface area contributed by atoms with Gasteiger partial charge in [-0.05, 0) is 30.2 Å². The molecular formula is C17H17NO3. The molecule has 1 atom stereocenters. The van der Waals surface area contributed by atoms with Gasteiger partial charge in [0.2, 0.25) is 12.7 Å². The molecule has 1 heterocycles. The summed E-state index contributed by atoms with van der Waals surface area (Å²) in [6.45, 7) is 2.22. The molecule has 0 spiro atoms. The van der Waals surface area contributed by atoms with Crippen LogP contribution in [-0.2, 0) is 11.2 Å². The van der Waals surface area contributed by atoms with Crippen LogP contribution in [0, 0.1) is 0 Å². The van der Waals surface area contributed by atoms with Crippen LogP contribution in [0.15, 0.2) is 48.5 Å². The van der Waals surface area contributed by atoms with Crippen molar-refractivity contribution in [1.29, 1.82) is 0 Å². The average Bonchev–Trinajstić information content (AvgIpc) is 2.95. The molecule has 0 fully saturated rings. The highest BCUT2D eigenvalue weighted by Crippen LogP contribution is 2.34. The van der Waals surface area contributed by atoms with Crippen molar-refractivity contribution in [1.82, 2.24) is 5.32 Å². The predicted molar refractivity (Wildman–Crippen MR) is 79.3 cm³/mol. The molecule has 0 aliphatic carbocycles. The molecule has 2 aromatic rings. The smallest absolute Gasteiger partial charge is 0.231 e. The Morgan fingerprint density at radius 3 is 2.71 bits per heavy atom. The van der Waals surface area contributed by atoms with Gasteiger partial charge < -0.3 is 14.8 Å². The number of amides is 1. The second-order valence-corrected chi connectivity index (χ2v) is 5.06. The summed E-state index contributed by atoms with van der Waals surface area (Å²) in [7, 11) is 0. The lowest BCUT2D eigenvalue weighted by Gasteiger charge is -2.15. The first-order valence-electron chi connectivity index (χ1n) is 6.95. The molecule has 4 nitrogen and oxygen atoms in total. The Kier molecular flexibility index (Phi) is 3.77. The summed E-state index contributed by atoms with van der Waals surface area (Å²) < 4.78 is 10.6. The minimum Gasteiger partial charge on any atom is -0.454 e. The molecule has 3 rings (SSSR count). The molecule has 108 valence electrons. The number of benzene rings is 2. The van der Waals surface area contributed by atoms with E-state index in [4.69, 9.17) is 9.47 Å². The molecule has 0 aromatic heterocycles. The van der Waals surface area contributed by atoms with Crippen molar-refractivity contribution >= 4 is 5.91 Å². The monoisotopic (exact) mass is 283 g/mol. The van der Waals surface area contributed by atoms with Gasteiger partial charge in [0.1, 0.15) is 0 Å². The van der Waals surface area contributed by atoms with Gasteiger partial charge in [0.25, 0.3) is 0 Å². The molecule has 2 aromatic carbocycles. The standard InChI is InChI=1S/C17H17NO3/c1-12(14-7-8-15-16(10-14)21-11-20-15)18-17(19)9-13-5-3-2-4-6-13/h2-8,10,12H,9,11H2,1H3,(H,18,19). The van der Waals surface area contributed by atoms with Gasteiger partial charge in [-0.2, -0.15) is 0 Å². The SMILES string of the molecule is CC(NC(=O)Cc1ccccc1)c1ccc2c(c1)OCO2. The van der Waals surface area contributed by atoms with Crippen LogP contribution in [-0.4, -0.2) is 12.7 Å². The zero-order chi connectivity index (χ0) is 14.7. The van der Waals surface area contributed by atoms with Crippen molar-refractivity contribution in [2.45, 2.75) is 19.4 Å². The molecule has 0 radical (unpaired) electrons. The van der Waals surface area contributed by atoms with Crippen molar-refractivity contribution in [2.24, 2.45) is 0 Å². The highest BCUT2D eigenvalue weighted by atomic mass is 16.7. The molecule has 1 unspecified atom stereocenters. The third kappa shape index (κ3) is 3.16. The summed E-state index contributed by atoms with van der Waals surface area (Å²) in [5.74, 6) is 1.49. The molecule has 0 saturated carbocycles. The van der Waals surface area contributed by atoms with Crippen molar-refractivity contribution in [3.8, 4) is 11.5 Å². The van der Waals surface area contributed by atoms with Crippen LogP contribution in [0.4, 0.5) is 0 Å². The molecule has 1 N–H and O–H groups in total. The lowest BCUT2D eigenvalue weighted by molar-refractivity contribution is -0.121. The number of hydrogen-bond acceptors (Lipinski definition) is 3. The molecule has 1 aliphatic rings. The van der Waals surface area contributed by atoms with E-state index >= 15 is 0 Å². The quantitative estimate of drug-likeness (QED) is 0.938. The highest BCUT2D eigenvalue weighted by Gasteiger charge is 2.16. The van der Waals surface area contributed by atoms with Crippen molar-refractivity contribution in [3.05, 3.63) is 59.7 Å². The van der Waals surface area contributed by atoms with Gasteiger partial charge in [0.05, 0.1) is 12.5 Å². The Morgan fingerprint density at radius 1 is 1.14 bits per heavy atom. The maximum atomic E-state index is 12.1. The fourth-order valence-corrected chi connectivity index (χ4v) is 2.34. The number of ether oxygens (including phenoxy) is 2. The lowest BCUT2D eigenvalue weighted by Crippen LogP contribution is -2.28. The summed E-state index contributed by atoms with van der Waals surface area (Å²) in [6.07, 6.45) is 0.385. The summed E-state index contributed by atoms with van der Waals surface area (Å²) in [6, 6.07) is 15.4. The summed E-state index contributed by atoms with van der Waals surface area (Å²) >= 11 is 0. The van der Waals surface area contributed by atoms with Crippen LogP contribution < -0.4 is 14.8 Å². The Bertz CT molecular complexity index is 640. The zero-order valence-electron chi connectivity index (χ0n) is 11.8. The summed E-state index contributed by atoms with van der Waals surface area (Å²) in [5, 5.41) is 3.00. The number of carbonyl (C=O) groups excluding carboxylic acids is 1. The Labute approximate surface area is 123 Å². The largest absolute Gasteiger partial charge is 0.454 e. The van der Waals surface area contributed by atoms with E-state index in [-0.39, 0.29) is 18.7 Å². The van der Waals surface area contributed by atoms with E-state index in [1.54, 1.807) is 0 Å². The second-order valence-electron chi connectivity index (χ2n) is 5.06. The predicted octanol–water partition coefficient (Wildman–Crippen LogP) is 2.84. The fourth-order valence-electron chi connectivity index (χ4n) is 2.34. The van der Waals surface area contributed by atoms with Crippen LogP contribution in [0.3, 0.4) is 0 Å². The first-order valence-corrected chi connectivity index (χ1v) is 6.95. The van der Waals surface area contributed by atoms with E-state index in [9.17, 15) is 4.79 Å². The van der Waals surface area contributed by atoms with Crippen molar-refractivity contribution in [2.75, 3.05) is 6.79 Å². The first-order chi connectivity index (χ1) is 10.2. The Morgan fingerprint density at radius 2 is 1.90 bits per heavy atom. The fraction of sp³-hybridized carbons (Fsp3) is 0.235. The summed E-state index contributed by atoms with van der Waals surface area (Å²) in [5.41, 5.74) is 2.01. The molecule has 4 heteroatoms. The molecule has 1 aliphatic heterocycles. The Balaban J connectivity index is 1.63. The van der Waals surface area contributed by atoms with E-state index in [1.165, 1.54) is 0 Å². The number of nitrogens with one attached hydrogen (secondary N) is 1. The van der Waals surface area contributed by atoms with Gasteiger partial charge in [-0.1, -0.05) is 36.4 Å². The molecule has 1 amide bonds. The van der Waals surface area contributed by atoms with Crippen LogP contribution in [0.1, 0.15) is 24.1 Å². The average molecular weight is 283 g/mol. The van der Waals surface area contributed by atoms with Crippen molar-refractivity contribution < 1.29 is 14.3 Å². The zero-order valence-corrected chi connectivity index (χ0v) is 11.8. The minimum atomic E-state index is -0.0734. The summed E-state index contributed by atoms with van der Waals surface area (Å²) in [4.78, 5) is 12.1. The van der Waals surface area contributed by atoms with Gasteiger partial charge in [-0.3, -0.25) is 4.79 Å². The van der Waals surface area contributed by atoms with Crippen LogP contribution in [0.25, 0.3) is 0 Å². The molecular weight excluding hydrogens is 266 g/mol. The van der Waals surface area contributed by atoms with Gasteiger partial charge in [-0.15, -0.1) is 0 Å². The molecule has 0 saturated heterocycles. The van der Waals surface area contributed by atoms with Gasteiger partial charge >= 0.3 is 0 Å². The van der Waals surface area contributed by atoms with Crippen LogP contribution in [0.2, 0.25) is 0 Å². The Hall–Kier alpha value is -2.49. The third-order valence-corrected chi connectivity index (χ3v) is 3.48. The lowest BCUT2D eigenvalue weighted by atomic mass is 10.1. The second kappa shape index (κ2) is 5.87. The molecule has 21 heavy (non-hydrogen) atoms. The normalized spacial score (nSPS) is 13.8. The maximum absolute atomic E-state index is 12.1. The number of hydrogen-bond donors (Lipinski definition) is 1.